The lowest BCUT2D eigenvalue weighted by atomic mass is 10.0. The lowest BCUT2D eigenvalue weighted by Crippen LogP contribution is -2.51. The Morgan fingerprint density at radius 3 is 2.30 bits per heavy atom. The highest BCUT2D eigenvalue weighted by molar-refractivity contribution is 6.80. The summed E-state index contributed by atoms with van der Waals surface area (Å²) in [6, 6.07) is 0. The Hall–Kier alpha value is -0.123. The van der Waals surface area contributed by atoms with E-state index in [2.05, 4.69) is 26.6 Å². The van der Waals surface area contributed by atoms with Crippen molar-refractivity contribution in [3.8, 4) is 0 Å². The van der Waals surface area contributed by atoms with Gasteiger partial charge in [-0.05, 0) is 13.3 Å². The summed E-state index contributed by atoms with van der Waals surface area (Å²) < 4.78 is 6.07. The van der Waals surface area contributed by atoms with Crippen LogP contribution in [0.2, 0.25) is 19.6 Å². The molecule has 1 fully saturated rings. The van der Waals surface area contributed by atoms with Crippen molar-refractivity contribution in [3.05, 3.63) is 12.2 Å². The number of rotatable bonds is 10. The molecule has 20 heavy (non-hydrogen) atoms. The van der Waals surface area contributed by atoms with Gasteiger partial charge in [0, 0.05) is 0 Å². The summed E-state index contributed by atoms with van der Waals surface area (Å²) in [5, 5.41) is 10.2. The smallest absolute Gasteiger partial charge is 0.112 e. The van der Waals surface area contributed by atoms with Gasteiger partial charge in [-0.1, -0.05) is 77.2 Å². The molecule has 1 saturated heterocycles. The van der Waals surface area contributed by atoms with E-state index in [1.165, 1.54) is 38.5 Å². The van der Waals surface area contributed by atoms with Crippen LogP contribution in [0.1, 0.15) is 58.8 Å². The zero-order valence-electron chi connectivity index (χ0n) is 14.1. The molecule has 118 valence electrons. The first-order valence-corrected chi connectivity index (χ1v) is 11.9. The maximum absolute atomic E-state index is 10.4. The molecule has 0 aromatic carbocycles. The molecule has 0 aromatic heterocycles. The van der Waals surface area contributed by atoms with Gasteiger partial charge >= 0.3 is 0 Å². The van der Waals surface area contributed by atoms with Crippen LogP contribution in [0.3, 0.4) is 0 Å². The van der Waals surface area contributed by atoms with Gasteiger partial charge in [0.15, 0.2) is 0 Å². The molecule has 0 amide bonds. The first kappa shape index (κ1) is 17.9. The number of epoxide rings is 1. The Kier molecular flexibility index (Phi) is 6.96. The predicted molar refractivity (Wildman–Crippen MR) is 89.8 cm³/mol. The number of unbranched alkanes of at least 4 members (excludes halogenated alkanes) is 5. The molecule has 0 radical (unpaired) electrons. The molecule has 0 spiro atoms. The lowest BCUT2D eigenvalue weighted by Gasteiger charge is -2.29. The average molecular weight is 299 g/mol. The third-order valence-corrected chi connectivity index (χ3v) is 7.64. The number of allylic oxidation sites excluding steroid dienone is 1. The SMILES string of the molecule is C/C=C/C(O)[C@]1([Si](C)(C)C)O[C@H]1CCCCCCCC. The van der Waals surface area contributed by atoms with Gasteiger partial charge < -0.3 is 9.84 Å². The molecular weight excluding hydrogens is 264 g/mol. The second-order valence-electron chi connectivity index (χ2n) is 7.18. The van der Waals surface area contributed by atoms with E-state index in [0.717, 1.165) is 6.42 Å². The number of ether oxygens (including phenoxy) is 1. The summed E-state index contributed by atoms with van der Waals surface area (Å²) in [6.45, 7) is 11.1. The molecule has 1 unspecified atom stereocenters. The van der Waals surface area contributed by atoms with Crippen LogP contribution < -0.4 is 0 Å². The van der Waals surface area contributed by atoms with E-state index in [1.807, 2.05) is 19.1 Å². The molecular formula is C17H34O2Si. The first-order valence-electron chi connectivity index (χ1n) is 8.38. The quantitative estimate of drug-likeness (QED) is 0.275. The monoisotopic (exact) mass is 298 g/mol. The average Bonchev–Trinajstić information content (AvgIpc) is 3.09. The fourth-order valence-electron chi connectivity index (χ4n) is 3.27. The third kappa shape index (κ3) is 4.19. The van der Waals surface area contributed by atoms with Crippen LogP contribution in [0, 0.1) is 0 Å². The number of aliphatic hydroxyl groups is 1. The molecule has 1 aliphatic rings. The van der Waals surface area contributed by atoms with Crippen molar-refractivity contribution < 1.29 is 9.84 Å². The van der Waals surface area contributed by atoms with E-state index in [-0.39, 0.29) is 11.3 Å². The first-order chi connectivity index (χ1) is 9.40. The van der Waals surface area contributed by atoms with E-state index in [9.17, 15) is 5.11 Å². The van der Waals surface area contributed by atoms with Crippen molar-refractivity contribution in [1.29, 1.82) is 0 Å². The molecule has 0 bridgehead atoms. The molecule has 0 aromatic rings. The van der Waals surface area contributed by atoms with Crippen molar-refractivity contribution >= 4 is 8.07 Å². The van der Waals surface area contributed by atoms with Crippen molar-refractivity contribution in [2.45, 2.75) is 95.9 Å². The maximum Gasteiger partial charge on any atom is 0.112 e. The molecule has 1 rings (SSSR count). The zero-order valence-corrected chi connectivity index (χ0v) is 15.1. The van der Waals surface area contributed by atoms with Crippen LogP contribution in [0.4, 0.5) is 0 Å². The highest BCUT2D eigenvalue weighted by Gasteiger charge is 2.66. The van der Waals surface area contributed by atoms with Gasteiger partial charge in [-0.25, -0.2) is 0 Å². The van der Waals surface area contributed by atoms with E-state index < -0.39 is 14.2 Å². The number of hydrogen-bond acceptors (Lipinski definition) is 2. The number of aliphatic hydroxyl groups excluding tert-OH is 1. The molecule has 3 atom stereocenters. The van der Waals surface area contributed by atoms with Crippen LogP contribution >= 0.6 is 0 Å². The molecule has 3 heteroatoms. The molecule has 2 nitrogen and oxygen atoms in total. The Balaban J connectivity index is 2.41. The summed E-state index contributed by atoms with van der Waals surface area (Å²) in [4.78, 5) is 0. The lowest BCUT2D eigenvalue weighted by molar-refractivity contribution is 0.151. The van der Waals surface area contributed by atoms with Crippen LogP contribution in [-0.4, -0.2) is 30.6 Å². The Bertz CT molecular complexity index is 309. The standard InChI is InChI=1S/C17H34O2Si/c1-6-8-9-10-11-12-14-16-17(19-16,20(3,4)5)15(18)13-7-2/h7,13,15-16,18H,6,8-12,14H2,1-5H3/b13-7+/t15?,16-,17+/m0/s1. The Morgan fingerprint density at radius 1 is 1.15 bits per heavy atom. The van der Waals surface area contributed by atoms with Gasteiger partial charge in [-0.3, -0.25) is 0 Å². The summed E-state index contributed by atoms with van der Waals surface area (Å²) in [6.07, 6.45) is 12.7. The van der Waals surface area contributed by atoms with Crippen LogP contribution in [-0.2, 0) is 4.74 Å². The molecule has 1 N–H and O–H groups in total. The van der Waals surface area contributed by atoms with Gasteiger partial charge in [0.2, 0.25) is 0 Å². The summed E-state index contributed by atoms with van der Waals surface area (Å²) in [5.41, 5.74) is 0. The summed E-state index contributed by atoms with van der Waals surface area (Å²) >= 11 is 0. The minimum absolute atomic E-state index is 0.233. The molecule has 1 aliphatic heterocycles. The summed E-state index contributed by atoms with van der Waals surface area (Å²) in [5.74, 6) is 0. The van der Waals surface area contributed by atoms with Crippen molar-refractivity contribution in [1.82, 2.24) is 0 Å². The Morgan fingerprint density at radius 2 is 1.75 bits per heavy atom. The van der Waals surface area contributed by atoms with Crippen molar-refractivity contribution in [2.24, 2.45) is 0 Å². The van der Waals surface area contributed by atoms with Gasteiger partial charge in [0.05, 0.1) is 14.2 Å². The highest BCUT2D eigenvalue weighted by atomic mass is 28.3. The minimum Gasteiger partial charge on any atom is -0.386 e. The normalized spacial score (nSPS) is 28.0. The topological polar surface area (TPSA) is 32.8 Å². The van der Waals surface area contributed by atoms with Crippen molar-refractivity contribution in [3.63, 3.8) is 0 Å². The van der Waals surface area contributed by atoms with Crippen LogP contribution in [0.15, 0.2) is 12.2 Å². The van der Waals surface area contributed by atoms with Crippen LogP contribution in [0.25, 0.3) is 0 Å². The second-order valence-corrected chi connectivity index (χ2v) is 12.5. The third-order valence-electron chi connectivity index (χ3n) is 4.56. The number of hydrogen-bond donors (Lipinski definition) is 1. The molecule has 0 saturated carbocycles. The van der Waals surface area contributed by atoms with Gasteiger partial charge in [-0.2, -0.15) is 0 Å². The van der Waals surface area contributed by atoms with Gasteiger partial charge in [0.1, 0.15) is 11.3 Å². The highest BCUT2D eigenvalue weighted by Crippen LogP contribution is 2.49. The van der Waals surface area contributed by atoms with Gasteiger partial charge in [-0.15, -0.1) is 0 Å². The summed E-state index contributed by atoms with van der Waals surface area (Å²) in [7, 11) is -1.54. The van der Waals surface area contributed by atoms with E-state index in [1.54, 1.807) is 0 Å². The van der Waals surface area contributed by atoms with E-state index in [4.69, 9.17) is 4.74 Å². The minimum atomic E-state index is -1.54. The Labute approximate surface area is 126 Å². The maximum atomic E-state index is 10.4. The van der Waals surface area contributed by atoms with E-state index in [0.29, 0.717) is 0 Å². The van der Waals surface area contributed by atoms with Crippen molar-refractivity contribution in [2.75, 3.05) is 0 Å². The molecule has 0 aliphatic carbocycles. The fraction of sp³-hybridized carbons (Fsp3) is 0.882. The van der Waals surface area contributed by atoms with E-state index >= 15 is 0 Å². The molecule has 1 heterocycles. The van der Waals surface area contributed by atoms with Crippen LogP contribution in [0.5, 0.6) is 0 Å². The largest absolute Gasteiger partial charge is 0.386 e. The predicted octanol–water partition coefficient (Wildman–Crippen LogP) is 4.69. The van der Waals surface area contributed by atoms with Gasteiger partial charge in [0.25, 0.3) is 0 Å². The zero-order chi connectivity index (χ0) is 15.2. The second kappa shape index (κ2) is 7.76. The fourth-order valence-corrected chi connectivity index (χ4v) is 5.86.